The van der Waals surface area contributed by atoms with Crippen LogP contribution in [-0.2, 0) is 4.79 Å². The van der Waals surface area contributed by atoms with Gasteiger partial charge in [0.1, 0.15) is 6.04 Å². The molecule has 0 saturated carbocycles. The normalized spacial score (nSPS) is 13.6. The van der Waals surface area contributed by atoms with Crippen molar-refractivity contribution < 1.29 is 14.7 Å². The van der Waals surface area contributed by atoms with Gasteiger partial charge in [0.15, 0.2) is 0 Å². The van der Waals surface area contributed by atoms with Crippen molar-refractivity contribution in [2.75, 3.05) is 0 Å². The molecule has 0 aliphatic carbocycles. The molecule has 5 nitrogen and oxygen atoms in total. The Bertz CT molecular complexity index is 669. The lowest BCUT2D eigenvalue weighted by molar-refractivity contribution is -0.140. The Morgan fingerprint density at radius 1 is 1.33 bits per heavy atom. The number of aliphatic carboxylic acids is 1. The lowest BCUT2D eigenvalue weighted by atomic mass is 9.99. The molecule has 1 amide bonds. The van der Waals surface area contributed by atoms with Crippen LogP contribution in [0.4, 0.5) is 0 Å². The quantitative estimate of drug-likeness (QED) is 0.885. The number of nitrogens with zero attached hydrogens (tertiary/aromatic N) is 1. The van der Waals surface area contributed by atoms with E-state index in [1.807, 2.05) is 31.2 Å². The number of amides is 1. The van der Waals surface area contributed by atoms with Gasteiger partial charge in [-0.05, 0) is 18.1 Å². The third-order valence-electron chi connectivity index (χ3n) is 3.62. The zero-order chi connectivity index (χ0) is 15.4. The number of carboxylic acids is 1. The van der Waals surface area contributed by atoms with Gasteiger partial charge >= 0.3 is 5.97 Å². The third-order valence-corrected chi connectivity index (χ3v) is 3.62. The predicted octanol–water partition coefficient (Wildman–Crippen LogP) is 2.46. The number of pyridine rings is 1. The predicted molar refractivity (Wildman–Crippen MR) is 80.1 cm³/mol. The number of rotatable bonds is 5. The molecule has 21 heavy (non-hydrogen) atoms. The van der Waals surface area contributed by atoms with E-state index in [1.165, 1.54) is 6.20 Å². The van der Waals surface area contributed by atoms with Crippen LogP contribution < -0.4 is 5.32 Å². The molecule has 0 aliphatic heterocycles. The Labute approximate surface area is 123 Å². The van der Waals surface area contributed by atoms with E-state index < -0.39 is 17.9 Å². The minimum atomic E-state index is -1.02. The van der Waals surface area contributed by atoms with Gasteiger partial charge in [0.25, 0.3) is 5.91 Å². The molecule has 0 fully saturated rings. The van der Waals surface area contributed by atoms with Crippen LogP contribution in [0.3, 0.4) is 0 Å². The average molecular weight is 286 g/mol. The molecule has 2 rings (SSSR count). The van der Waals surface area contributed by atoms with Crippen molar-refractivity contribution in [3.8, 4) is 0 Å². The maximum absolute atomic E-state index is 12.2. The van der Waals surface area contributed by atoms with Crippen LogP contribution in [0.2, 0.25) is 0 Å². The van der Waals surface area contributed by atoms with Crippen molar-refractivity contribution >= 4 is 22.8 Å². The van der Waals surface area contributed by atoms with Crippen LogP contribution in [0, 0.1) is 5.92 Å². The second kappa shape index (κ2) is 6.35. The Kier molecular flexibility index (Phi) is 4.52. The van der Waals surface area contributed by atoms with Gasteiger partial charge < -0.3 is 10.4 Å². The fourth-order valence-electron chi connectivity index (χ4n) is 2.10. The molecule has 0 spiro atoms. The summed E-state index contributed by atoms with van der Waals surface area (Å²) in [5.74, 6) is -1.58. The van der Waals surface area contributed by atoms with Crippen molar-refractivity contribution in [1.82, 2.24) is 10.3 Å². The number of carbonyl (C=O) groups excluding carboxylic acids is 1. The van der Waals surface area contributed by atoms with Crippen molar-refractivity contribution in [3.63, 3.8) is 0 Å². The molecule has 2 N–H and O–H groups in total. The third kappa shape index (κ3) is 3.37. The number of para-hydroxylation sites is 1. The summed E-state index contributed by atoms with van der Waals surface area (Å²) in [6, 6.07) is 8.28. The summed E-state index contributed by atoms with van der Waals surface area (Å²) in [7, 11) is 0. The van der Waals surface area contributed by atoms with E-state index in [4.69, 9.17) is 0 Å². The smallest absolute Gasteiger partial charge is 0.326 e. The van der Waals surface area contributed by atoms with Crippen LogP contribution in [-0.4, -0.2) is 28.0 Å². The first kappa shape index (κ1) is 15.0. The summed E-state index contributed by atoms with van der Waals surface area (Å²) in [5.41, 5.74) is 1.16. The summed E-state index contributed by atoms with van der Waals surface area (Å²) in [4.78, 5) is 27.7. The molecule has 0 bridgehead atoms. The maximum atomic E-state index is 12.2. The highest BCUT2D eigenvalue weighted by Gasteiger charge is 2.25. The fourth-order valence-corrected chi connectivity index (χ4v) is 2.10. The average Bonchev–Trinajstić information content (AvgIpc) is 2.50. The molecule has 2 aromatic rings. The first-order chi connectivity index (χ1) is 10.0. The van der Waals surface area contributed by atoms with E-state index in [2.05, 4.69) is 10.3 Å². The van der Waals surface area contributed by atoms with Crippen molar-refractivity contribution in [1.29, 1.82) is 0 Å². The number of aromatic nitrogens is 1. The first-order valence-corrected chi connectivity index (χ1v) is 6.91. The zero-order valence-electron chi connectivity index (χ0n) is 12.0. The standard InChI is InChI=1S/C16H18N2O3/c1-3-10(2)14(16(20)21)18-15(19)12-8-11-6-4-5-7-13(11)17-9-12/h4-10,14H,3H2,1-2H3,(H,18,19)(H,20,21)/t10-,14+/m0/s1. The van der Waals surface area contributed by atoms with Gasteiger partial charge in [0.05, 0.1) is 11.1 Å². The lowest BCUT2D eigenvalue weighted by Crippen LogP contribution is -2.45. The van der Waals surface area contributed by atoms with Crippen molar-refractivity contribution in [3.05, 3.63) is 42.1 Å². The number of carbonyl (C=O) groups is 2. The summed E-state index contributed by atoms with van der Waals surface area (Å²) in [6.07, 6.45) is 2.14. The highest BCUT2D eigenvalue weighted by atomic mass is 16.4. The van der Waals surface area contributed by atoms with Crippen LogP contribution in [0.15, 0.2) is 36.5 Å². The van der Waals surface area contributed by atoms with E-state index >= 15 is 0 Å². The van der Waals surface area contributed by atoms with Crippen LogP contribution in [0.25, 0.3) is 10.9 Å². The van der Waals surface area contributed by atoms with Crippen LogP contribution in [0.1, 0.15) is 30.6 Å². The lowest BCUT2D eigenvalue weighted by Gasteiger charge is -2.20. The van der Waals surface area contributed by atoms with E-state index in [0.717, 1.165) is 10.9 Å². The van der Waals surface area contributed by atoms with Crippen LogP contribution >= 0.6 is 0 Å². The molecule has 1 aromatic heterocycles. The summed E-state index contributed by atoms with van der Waals surface area (Å²) < 4.78 is 0. The molecule has 2 atom stereocenters. The number of nitrogens with one attached hydrogen (secondary N) is 1. The fraction of sp³-hybridized carbons (Fsp3) is 0.312. The Morgan fingerprint density at radius 2 is 2.05 bits per heavy atom. The molecular weight excluding hydrogens is 268 g/mol. The van der Waals surface area contributed by atoms with E-state index in [1.54, 1.807) is 13.0 Å². The molecule has 1 heterocycles. The maximum Gasteiger partial charge on any atom is 0.326 e. The van der Waals surface area contributed by atoms with Gasteiger partial charge in [-0.15, -0.1) is 0 Å². The minimum Gasteiger partial charge on any atom is -0.480 e. The highest BCUT2D eigenvalue weighted by molar-refractivity contribution is 5.99. The summed E-state index contributed by atoms with van der Waals surface area (Å²) in [5, 5.41) is 12.6. The molecule has 1 aromatic carbocycles. The number of benzene rings is 1. The second-order valence-electron chi connectivity index (χ2n) is 5.09. The molecule has 0 saturated heterocycles. The van der Waals surface area contributed by atoms with E-state index in [0.29, 0.717) is 12.0 Å². The van der Waals surface area contributed by atoms with Gasteiger partial charge in [-0.1, -0.05) is 38.5 Å². The van der Waals surface area contributed by atoms with Crippen molar-refractivity contribution in [2.45, 2.75) is 26.3 Å². The Morgan fingerprint density at radius 3 is 2.71 bits per heavy atom. The Balaban J connectivity index is 2.23. The second-order valence-corrected chi connectivity index (χ2v) is 5.09. The number of hydrogen-bond donors (Lipinski definition) is 2. The molecule has 0 unspecified atom stereocenters. The van der Waals surface area contributed by atoms with Crippen LogP contribution in [0.5, 0.6) is 0 Å². The van der Waals surface area contributed by atoms with Crippen molar-refractivity contribution in [2.24, 2.45) is 5.92 Å². The highest BCUT2D eigenvalue weighted by Crippen LogP contribution is 2.14. The van der Waals surface area contributed by atoms with Gasteiger partial charge in [0, 0.05) is 11.6 Å². The Hall–Kier alpha value is -2.43. The van der Waals surface area contributed by atoms with E-state index in [-0.39, 0.29) is 5.92 Å². The van der Waals surface area contributed by atoms with Gasteiger partial charge in [-0.3, -0.25) is 9.78 Å². The molecule has 5 heteroatoms. The minimum absolute atomic E-state index is 0.139. The largest absolute Gasteiger partial charge is 0.480 e. The van der Waals surface area contributed by atoms with Gasteiger partial charge in [-0.2, -0.15) is 0 Å². The zero-order valence-corrected chi connectivity index (χ0v) is 12.0. The summed E-state index contributed by atoms with van der Waals surface area (Å²) in [6.45, 7) is 3.70. The number of hydrogen-bond acceptors (Lipinski definition) is 3. The topological polar surface area (TPSA) is 79.3 Å². The monoisotopic (exact) mass is 286 g/mol. The summed E-state index contributed by atoms with van der Waals surface area (Å²) >= 11 is 0. The van der Waals surface area contributed by atoms with Gasteiger partial charge in [0.2, 0.25) is 0 Å². The molecule has 110 valence electrons. The molecule has 0 aliphatic rings. The number of carboxylic acid groups (broad SMARTS) is 1. The first-order valence-electron chi connectivity index (χ1n) is 6.91. The number of fused-ring (bicyclic) bond motifs is 1. The molecular formula is C16H18N2O3. The molecule has 0 radical (unpaired) electrons. The SMILES string of the molecule is CC[C@H](C)[C@@H](NC(=O)c1cnc2ccccc2c1)C(=O)O. The van der Waals surface area contributed by atoms with E-state index in [9.17, 15) is 14.7 Å². The van der Waals surface area contributed by atoms with Gasteiger partial charge in [-0.25, -0.2) is 4.79 Å².